The molecule has 0 N–H and O–H groups in total. The SMILES string of the molecule is CC(C)(C)[Si](C)(C)O[C@@H]1CC[C@@]2(C)C(=CC[C@@H]3[C@@H]2CC[C@]2(C)C(OS(=O)(=O)C(F)(F)F)=CC[C@@H]32)C1. The molecular formula is C26H41F3O4SSi. The predicted octanol–water partition coefficient (Wildman–Crippen LogP) is 7.70. The molecule has 4 rings (SSSR count). The number of halogens is 3. The highest BCUT2D eigenvalue weighted by Gasteiger charge is 2.59. The molecule has 4 aliphatic carbocycles. The quantitative estimate of drug-likeness (QED) is 0.160. The van der Waals surface area contributed by atoms with Gasteiger partial charge in [0.25, 0.3) is 0 Å². The maximum Gasteiger partial charge on any atom is 0.534 e. The van der Waals surface area contributed by atoms with Gasteiger partial charge in [-0.1, -0.05) is 46.3 Å². The molecule has 0 unspecified atom stereocenters. The van der Waals surface area contributed by atoms with Crippen molar-refractivity contribution in [2.24, 2.45) is 28.6 Å². The fraction of sp³-hybridized carbons (Fsp3) is 0.846. The topological polar surface area (TPSA) is 52.6 Å². The van der Waals surface area contributed by atoms with E-state index >= 15 is 0 Å². The largest absolute Gasteiger partial charge is 0.534 e. The second-order valence-corrected chi connectivity index (χ2v) is 19.5. The lowest BCUT2D eigenvalue weighted by molar-refractivity contribution is -0.0582. The molecule has 0 heterocycles. The molecule has 0 amide bonds. The fourth-order valence-corrected chi connectivity index (χ4v) is 9.12. The zero-order valence-corrected chi connectivity index (χ0v) is 23.9. The van der Waals surface area contributed by atoms with Crippen molar-refractivity contribution in [1.82, 2.24) is 0 Å². The first-order chi connectivity index (χ1) is 15.8. The van der Waals surface area contributed by atoms with Crippen LogP contribution in [-0.4, -0.2) is 28.3 Å². The molecule has 0 bridgehead atoms. The summed E-state index contributed by atoms with van der Waals surface area (Å²) in [5, 5.41) is 0.169. The molecule has 9 heteroatoms. The Bertz CT molecular complexity index is 1030. The van der Waals surface area contributed by atoms with Gasteiger partial charge in [0.1, 0.15) is 5.76 Å². The van der Waals surface area contributed by atoms with Crippen LogP contribution in [0.2, 0.25) is 18.1 Å². The van der Waals surface area contributed by atoms with Crippen molar-refractivity contribution in [2.75, 3.05) is 0 Å². The third kappa shape index (κ3) is 4.45. The molecule has 0 aromatic carbocycles. The van der Waals surface area contributed by atoms with E-state index in [0.717, 1.165) is 32.1 Å². The number of rotatable bonds is 4. The summed E-state index contributed by atoms with van der Waals surface area (Å²) in [6, 6.07) is 0. The third-order valence-electron chi connectivity index (χ3n) is 10.3. The molecule has 4 aliphatic rings. The van der Waals surface area contributed by atoms with Gasteiger partial charge in [0, 0.05) is 11.5 Å². The Labute approximate surface area is 210 Å². The first kappa shape index (κ1) is 27.2. The van der Waals surface area contributed by atoms with Crippen molar-refractivity contribution >= 4 is 18.4 Å². The average molecular weight is 535 g/mol. The lowest BCUT2D eigenvalue weighted by Gasteiger charge is -2.58. The summed E-state index contributed by atoms with van der Waals surface area (Å²) in [5.74, 6) is 0.841. The Hall–Kier alpha value is -0.803. The molecule has 0 spiro atoms. The van der Waals surface area contributed by atoms with Crippen molar-refractivity contribution in [1.29, 1.82) is 0 Å². The minimum atomic E-state index is -5.65. The molecule has 35 heavy (non-hydrogen) atoms. The first-order valence-electron chi connectivity index (χ1n) is 12.9. The highest BCUT2D eigenvalue weighted by atomic mass is 32.2. The highest BCUT2D eigenvalue weighted by Crippen LogP contribution is 2.65. The number of hydrogen-bond donors (Lipinski definition) is 0. The minimum absolute atomic E-state index is 0.00955. The zero-order chi connectivity index (χ0) is 26.2. The Balaban J connectivity index is 1.52. The van der Waals surface area contributed by atoms with Crippen molar-refractivity contribution in [3.8, 4) is 0 Å². The maximum absolute atomic E-state index is 13.0. The van der Waals surface area contributed by atoms with Gasteiger partial charge in [-0.05, 0) is 92.3 Å². The summed E-state index contributed by atoms with van der Waals surface area (Å²) >= 11 is 0. The van der Waals surface area contributed by atoms with Crippen LogP contribution in [0.3, 0.4) is 0 Å². The Morgan fingerprint density at radius 1 is 0.971 bits per heavy atom. The summed E-state index contributed by atoms with van der Waals surface area (Å²) < 4.78 is 73.9. The minimum Gasteiger partial charge on any atom is -0.414 e. The molecule has 0 saturated heterocycles. The number of allylic oxidation sites excluding steroid dienone is 3. The maximum atomic E-state index is 13.0. The van der Waals surface area contributed by atoms with Gasteiger partial charge in [0.2, 0.25) is 0 Å². The molecule has 6 atom stereocenters. The van der Waals surface area contributed by atoms with Crippen LogP contribution in [0, 0.1) is 28.6 Å². The van der Waals surface area contributed by atoms with Gasteiger partial charge in [-0.3, -0.25) is 0 Å². The van der Waals surface area contributed by atoms with Crippen LogP contribution in [-0.2, 0) is 18.7 Å². The molecule has 0 aliphatic heterocycles. The lowest BCUT2D eigenvalue weighted by atomic mass is 9.48. The number of hydrogen-bond acceptors (Lipinski definition) is 4. The van der Waals surface area contributed by atoms with Gasteiger partial charge in [-0.15, -0.1) is 0 Å². The van der Waals surface area contributed by atoms with Gasteiger partial charge >= 0.3 is 15.6 Å². The first-order valence-corrected chi connectivity index (χ1v) is 17.2. The smallest absolute Gasteiger partial charge is 0.414 e. The van der Waals surface area contributed by atoms with Crippen LogP contribution in [0.1, 0.15) is 79.6 Å². The van der Waals surface area contributed by atoms with Crippen LogP contribution >= 0.6 is 0 Å². The van der Waals surface area contributed by atoms with Crippen molar-refractivity contribution in [3.63, 3.8) is 0 Å². The highest BCUT2D eigenvalue weighted by molar-refractivity contribution is 7.87. The molecule has 4 nitrogen and oxygen atoms in total. The second kappa shape index (κ2) is 8.35. The third-order valence-corrected chi connectivity index (χ3v) is 15.8. The number of fused-ring (bicyclic) bond motifs is 5. The van der Waals surface area contributed by atoms with E-state index in [1.165, 1.54) is 5.57 Å². The van der Waals surface area contributed by atoms with E-state index in [1.54, 1.807) is 6.08 Å². The van der Waals surface area contributed by atoms with E-state index in [2.05, 4.69) is 46.9 Å². The Morgan fingerprint density at radius 2 is 1.60 bits per heavy atom. The number of alkyl halides is 3. The zero-order valence-electron chi connectivity index (χ0n) is 22.1. The van der Waals surface area contributed by atoms with Gasteiger partial charge in [0.05, 0.1) is 0 Å². The van der Waals surface area contributed by atoms with Crippen LogP contribution in [0.5, 0.6) is 0 Å². The predicted molar refractivity (Wildman–Crippen MR) is 133 cm³/mol. The normalized spacial score (nSPS) is 38.1. The van der Waals surface area contributed by atoms with Gasteiger partial charge in [-0.2, -0.15) is 21.6 Å². The summed E-state index contributed by atoms with van der Waals surface area (Å²) in [6.07, 6.45) is 10.2. The standard InChI is InChI=1S/C26H41F3O4SSi/c1-23(2,3)35(6,7)33-18-12-14-24(4)17(16-18)8-9-19-20-10-11-22(25(20,5)15-13-21(19)24)32-34(30,31)26(27,28)29/h8,11,18-21H,9-10,12-16H2,1-7H3/t18-,19+,20+,21+,24+,25+/m1/s1. The fourth-order valence-electron chi connectivity index (χ4n) is 7.14. The van der Waals surface area contributed by atoms with E-state index in [1.807, 2.05) is 6.92 Å². The summed E-state index contributed by atoms with van der Waals surface area (Å²) in [5.41, 5.74) is -4.54. The lowest BCUT2D eigenvalue weighted by Crippen LogP contribution is -2.51. The average Bonchev–Trinajstić information content (AvgIpc) is 3.02. The van der Waals surface area contributed by atoms with Crippen molar-refractivity contribution < 1.29 is 30.2 Å². The van der Waals surface area contributed by atoms with E-state index in [4.69, 9.17) is 8.61 Å². The monoisotopic (exact) mass is 534 g/mol. The molecule has 2 fully saturated rings. The van der Waals surface area contributed by atoms with Crippen LogP contribution in [0.15, 0.2) is 23.5 Å². The van der Waals surface area contributed by atoms with Gasteiger partial charge in [-0.25, -0.2) is 0 Å². The van der Waals surface area contributed by atoms with E-state index < -0.39 is 29.4 Å². The Morgan fingerprint density at radius 3 is 2.20 bits per heavy atom. The van der Waals surface area contributed by atoms with Crippen molar-refractivity contribution in [3.05, 3.63) is 23.5 Å². The Kier molecular flexibility index (Phi) is 6.50. The van der Waals surface area contributed by atoms with E-state index in [-0.39, 0.29) is 28.2 Å². The van der Waals surface area contributed by atoms with E-state index in [0.29, 0.717) is 24.7 Å². The molecular weight excluding hydrogens is 493 g/mol. The molecule has 0 aromatic heterocycles. The molecule has 0 aromatic rings. The second-order valence-electron chi connectivity index (χ2n) is 13.2. The van der Waals surface area contributed by atoms with E-state index in [9.17, 15) is 21.6 Å². The van der Waals surface area contributed by atoms with Gasteiger partial charge in [0.15, 0.2) is 8.32 Å². The summed E-state index contributed by atoms with van der Waals surface area (Å²) in [6.45, 7) is 15.7. The summed E-state index contributed by atoms with van der Waals surface area (Å²) in [4.78, 5) is 0. The molecule has 2 saturated carbocycles. The van der Waals surface area contributed by atoms with Crippen LogP contribution < -0.4 is 0 Å². The van der Waals surface area contributed by atoms with Crippen LogP contribution in [0.4, 0.5) is 13.2 Å². The molecule has 0 radical (unpaired) electrons. The van der Waals surface area contributed by atoms with Gasteiger partial charge < -0.3 is 8.61 Å². The van der Waals surface area contributed by atoms with Crippen molar-refractivity contribution in [2.45, 2.75) is 109 Å². The van der Waals surface area contributed by atoms with Crippen LogP contribution in [0.25, 0.3) is 0 Å². The summed E-state index contributed by atoms with van der Waals surface area (Å²) in [7, 11) is -7.51. The molecule has 200 valence electrons.